The van der Waals surface area contributed by atoms with E-state index in [0.29, 0.717) is 18.3 Å². The monoisotopic (exact) mass is 439 g/mol. The fraction of sp³-hybridized carbons (Fsp3) is 0.467. The molecule has 2 saturated carbocycles. The maximum absolute atomic E-state index is 11.4. The van der Waals surface area contributed by atoms with E-state index in [9.17, 15) is 5.11 Å². The first-order chi connectivity index (χ1) is 16.2. The van der Waals surface area contributed by atoms with Crippen LogP contribution in [0.4, 0.5) is 5.69 Å². The van der Waals surface area contributed by atoms with E-state index in [-0.39, 0.29) is 5.41 Å². The number of phenolic OH excluding ortho intramolecular Hbond substituents is 1. The van der Waals surface area contributed by atoms with Crippen molar-refractivity contribution < 1.29 is 9.84 Å². The van der Waals surface area contributed by atoms with Gasteiger partial charge in [-0.3, -0.25) is 0 Å². The van der Waals surface area contributed by atoms with Gasteiger partial charge in [0.15, 0.2) is 0 Å². The van der Waals surface area contributed by atoms with Crippen molar-refractivity contribution >= 4 is 16.5 Å². The summed E-state index contributed by atoms with van der Waals surface area (Å²) in [4.78, 5) is 2.48. The fourth-order valence-electron chi connectivity index (χ4n) is 7.95. The average Bonchev–Trinajstić information content (AvgIpc) is 3.53. The van der Waals surface area contributed by atoms with Gasteiger partial charge in [0, 0.05) is 36.7 Å². The van der Waals surface area contributed by atoms with Gasteiger partial charge in [-0.25, -0.2) is 0 Å². The lowest BCUT2D eigenvalue weighted by Crippen LogP contribution is -2.32. The predicted octanol–water partition coefficient (Wildman–Crippen LogP) is 6.77. The highest BCUT2D eigenvalue weighted by molar-refractivity contribution is 6.06. The number of nitrogens with zero attached hydrogens (tertiary/aromatic N) is 1. The van der Waals surface area contributed by atoms with E-state index in [1.165, 1.54) is 83.8 Å². The van der Waals surface area contributed by atoms with Gasteiger partial charge in [0.2, 0.25) is 0 Å². The van der Waals surface area contributed by atoms with E-state index in [1.54, 1.807) is 7.11 Å². The topological polar surface area (TPSA) is 32.7 Å². The summed E-state index contributed by atoms with van der Waals surface area (Å²) in [7, 11) is 1.78. The molecule has 3 heteroatoms. The lowest BCUT2D eigenvalue weighted by atomic mass is 9.66. The molecule has 1 N–H and O–H groups in total. The van der Waals surface area contributed by atoms with E-state index >= 15 is 0 Å². The van der Waals surface area contributed by atoms with E-state index < -0.39 is 0 Å². The van der Waals surface area contributed by atoms with E-state index in [2.05, 4.69) is 47.4 Å². The number of methoxy groups -OCH3 is 1. The van der Waals surface area contributed by atoms with Gasteiger partial charge in [0.05, 0.1) is 6.61 Å². The van der Waals surface area contributed by atoms with Crippen LogP contribution in [0.2, 0.25) is 0 Å². The summed E-state index contributed by atoms with van der Waals surface area (Å²) in [6, 6.07) is 16.0. The number of hydrogen-bond donors (Lipinski definition) is 1. The molecule has 0 amide bonds. The van der Waals surface area contributed by atoms with Crippen LogP contribution < -0.4 is 4.90 Å². The Bertz CT molecular complexity index is 1260. The van der Waals surface area contributed by atoms with Gasteiger partial charge < -0.3 is 14.7 Å². The van der Waals surface area contributed by atoms with E-state index in [0.717, 1.165) is 24.4 Å². The summed E-state index contributed by atoms with van der Waals surface area (Å²) < 4.78 is 5.49. The molecule has 3 nitrogen and oxygen atoms in total. The Labute approximate surface area is 196 Å². The van der Waals surface area contributed by atoms with Crippen molar-refractivity contribution in [2.24, 2.45) is 11.8 Å². The molecule has 3 atom stereocenters. The molecule has 7 rings (SSSR count). The fourth-order valence-corrected chi connectivity index (χ4v) is 7.95. The second-order valence-electron chi connectivity index (χ2n) is 11.0. The van der Waals surface area contributed by atoms with Crippen LogP contribution in [0.5, 0.6) is 5.75 Å². The van der Waals surface area contributed by atoms with E-state index in [1.807, 2.05) is 0 Å². The Morgan fingerprint density at radius 2 is 1.85 bits per heavy atom. The molecule has 1 saturated heterocycles. The molecule has 3 fully saturated rings. The van der Waals surface area contributed by atoms with Gasteiger partial charge in [0.25, 0.3) is 0 Å². The zero-order valence-electron chi connectivity index (χ0n) is 19.6. The van der Waals surface area contributed by atoms with Gasteiger partial charge in [-0.2, -0.15) is 0 Å². The molecule has 170 valence electrons. The Hall–Kier alpha value is -2.52. The standard InChI is InChI=1S/C30H33NO2/c1-33-18-20-6-9-24-26(14-20)30(17-19-5-7-21(30)13-19)27-16-28(32)25-15-22(8-10-23(25)29(24)27)31-11-3-2-4-12-31/h6,8-10,14-16,19,21,32H,2-5,7,11-13,17-18H2,1H3. The van der Waals surface area contributed by atoms with Crippen molar-refractivity contribution in [1.82, 2.24) is 0 Å². The average molecular weight is 440 g/mol. The number of piperidine rings is 1. The zero-order valence-corrected chi connectivity index (χ0v) is 19.6. The number of anilines is 1. The van der Waals surface area contributed by atoms with Gasteiger partial charge in [0.1, 0.15) is 5.75 Å². The minimum atomic E-state index is 0.0640. The highest BCUT2D eigenvalue weighted by Gasteiger charge is 2.57. The van der Waals surface area contributed by atoms with Crippen LogP contribution in [0.1, 0.15) is 61.6 Å². The number of aromatic hydroxyl groups is 1. The van der Waals surface area contributed by atoms with Gasteiger partial charge >= 0.3 is 0 Å². The largest absolute Gasteiger partial charge is 0.507 e. The lowest BCUT2D eigenvalue weighted by molar-refractivity contribution is 0.184. The number of ether oxygens (including phenoxy) is 1. The summed E-state index contributed by atoms with van der Waals surface area (Å²) >= 11 is 0. The van der Waals surface area contributed by atoms with Crippen LogP contribution in [0.25, 0.3) is 21.9 Å². The quantitative estimate of drug-likeness (QED) is 0.489. The molecule has 3 aromatic carbocycles. The molecule has 0 aromatic heterocycles. The molecule has 1 heterocycles. The van der Waals surface area contributed by atoms with Crippen molar-refractivity contribution in [2.45, 2.75) is 57.0 Å². The highest BCUT2D eigenvalue weighted by atomic mass is 16.5. The van der Waals surface area contributed by atoms with Crippen LogP contribution in [-0.2, 0) is 16.8 Å². The van der Waals surface area contributed by atoms with Crippen molar-refractivity contribution in [3.8, 4) is 16.9 Å². The number of benzene rings is 3. The first kappa shape index (κ1) is 19.9. The molecule has 3 aromatic rings. The second kappa shape index (κ2) is 7.24. The van der Waals surface area contributed by atoms with Crippen molar-refractivity contribution in [3.63, 3.8) is 0 Å². The van der Waals surface area contributed by atoms with Crippen LogP contribution in [0.3, 0.4) is 0 Å². The third-order valence-corrected chi connectivity index (χ3v) is 9.29. The van der Waals surface area contributed by atoms with Crippen LogP contribution in [-0.4, -0.2) is 25.3 Å². The molecule has 1 spiro atoms. The van der Waals surface area contributed by atoms with Crippen LogP contribution in [0, 0.1) is 11.8 Å². The lowest BCUT2D eigenvalue weighted by Gasteiger charge is -2.37. The highest BCUT2D eigenvalue weighted by Crippen LogP contribution is 2.67. The van der Waals surface area contributed by atoms with Crippen LogP contribution in [0.15, 0.2) is 42.5 Å². The molecular weight excluding hydrogens is 406 g/mol. The Kier molecular flexibility index (Phi) is 4.37. The predicted molar refractivity (Wildman–Crippen MR) is 134 cm³/mol. The third kappa shape index (κ3) is 2.72. The van der Waals surface area contributed by atoms with Gasteiger partial charge in [-0.15, -0.1) is 0 Å². The third-order valence-electron chi connectivity index (χ3n) is 9.29. The normalized spacial score (nSPS) is 27.5. The van der Waals surface area contributed by atoms with Crippen molar-refractivity contribution in [2.75, 3.05) is 25.1 Å². The number of fused-ring (bicyclic) bond motifs is 10. The van der Waals surface area contributed by atoms with Gasteiger partial charge in [-0.05, 0) is 102 Å². The number of rotatable bonds is 3. The number of hydrogen-bond acceptors (Lipinski definition) is 3. The minimum absolute atomic E-state index is 0.0640. The van der Waals surface area contributed by atoms with E-state index in [4.69, 9.17) is 4.74 Å². The van der Waals surface area contributed by atoms with Crippen molar-refractivity contribution in [1.29, 1.82) is 0 Å². The zero-order chi connectivity index (χ0) is 22.2. The molecule has 3 unspecified atom stereocenters. The first-order valence-electron chi connectivity index (χ1n) is 12.9. The SMILES string of the molecule is COCc1ccc2c(c1)C1(CC3CCC1C3)c1cc(O)c3cc(N4CCCCC4)ccc3c1-2. The smallest absolute Gasteiger partial charge is 0.123 e. The maximum atomic E-state index is 11.4. The Morgan fingerprint density at radius 1 is 0.970 bits per heavy atom. The van der Waals surface area contributed by atoms with Gasteiger partial charge in [-0.1, -0.05) is 30.7 Å². The molecule has 2 bridgehead atoms. The van der Waals surface area contributed by atoms with Crippen LogP contribution >= 0.6 is 0 Å². The summed E-state index contributed by atoms with van der Waals surface area (Å²) in [6.07, 6.45) is 9.09. The summed E-state index contributed by atoms with van der Waals surface area (Å²) in [6.45, 7) is 2.89. The maximum Gasteiger partial charge on any atom is 0.123 e. The number of phenols is 1. The molecule has 3 aliphatic carbocycles. The molecule has 4 aliphatic rings. The molecular formula is C30H33NO2. The minimum Gasteiger partial charge on any atom is -0.507 e. The molecule has 33 heavy (non-hydrogen) atoms. The Balaban J connectivity index is 1.46. The summed E-state index contributed by atoms with van der Waals surface area (Å²) in [5, 5.41) is 13.6. The summed E-state index contributed by atoms with van der Waals surface area (Å²) in [5.74, 6) is 1.96. The molecule has 0 radical (unpaired) electrons. The van der Waals surface area contributed by atoms with Crippen molar-refractivity contribution in [3.05, 3.63) is 59.2 Å². The summed E-state index contributed by atoms with van der Waals surface area (Å²) in [5.41, 5.74) is 8.20. The first-order valence-corrected chi connectivity index (χ1v) is 12.9. The Morgan fingerprint density at radius 3 is 2.61 bits per heavy atom. The molecule has 1 aliphatic heterocycles. The second-order valence-corrected chi connectivity index (χ2v) is 11.0.